The molecule has 39 heavy (non-hydrogen) atoms. The number of nitrogens with one attached hydrogen (secondary N) is 3. The van der Waals surface area contributed by atoms with Gasteiger partial charge in [0, 0.05) is 18.2 Å². The molecule has 212 valence electrons. The molecule has 1 aromatic rings. The summed E-state index contributed by atoms with van der Waals surface area (Å²) in [6.45, 7) is 5.66. The highest BCUT2D eigenvalue weighted by molar-refractivity contribution is 6.04. The zero-order chi connectivity index (χ0) is 28.2. The molecule has 0 aromatic heterocycles. The summed E-state index contributed by atoms with van der Waals surface area (Å²) in [5.74, 6) is -1.67. The van der Waals surface area contributed by atoms with Crippen molar-refractivity contribution in [2.45, 2.75) is 95.4 Å². The summed E-state index contributed by atoms with van der Waals surface area (Å²) in [7, 11) is 0. The number of carbonyl (C=O) groups excluding carboxylic acids is 4. The summed E-state index contributed by atoms with van der Waals surface area (Å²) >= 11 is 0. The van der Waals surface area contributed by atoms with Crippen LogP contribution >= 0.6 is 0 Å². The van der Waals surface area contributed by atoms with Crippen molar-refractivity contribution in [1.82, 2.24) is 15.5 Å². The van der Waals surface area contributed by atoms with E-state index in [1.807, 2.05) is 12.2 Å². The van der Waals surface area contributed by atoms with E-state index in [0.717, 1.165) is 25.7 Å². The van der Waals surface area contributed by atoms with Crippen molar-refractivity contribution in [3.63, 3.8) is 0 Å². The topological polar surface area (TPSA) is 117 Å². The highest BCUT2D eigenvalue weighted by Gasteiger charge is 2.60. The molecular formula is C29H39FN4O5. The summed E-state index contributed by atoms with van der Waals surface area (Å²) in [5, 5.41) is 8.50. The van der Waals surface area contributed by atoms with Gasteiger partial charge < -0.3 is 25.6 Å². The number of halogens is 1. The van der Waals surface area contributed by atoms with Gasteiger partial charge in [-0.05, 0) is 83.6 Å². The van der Waals surface area contributed by atoms with Crippen LogP contribution in [-0.4, -0.2) is 58.5 Å². The molecule has 0 spiro atoms. The van der Waals surface area contributed by atoms with Crippen LogP contribution < -0.4 is 16.0 Å². The van der Waals surface area contributed by atoms with Crippen LogP contribution in [0, 0.1) is 11.7 Å². The molecule has 0 radical (unpaired) electrons. The summed E-state index contributed by atoms with van der Waals surface area (Å²) in [6, 6.07) is 3.92. The van der Waals surface area contributed by atoms with Gasteiger partial charge in [-0.2, -0.15) is 0 Å². The Labute approximate surface area is 228 Å². The van der Waals surface area contributed by atoms with Gasteiger partial charge in [0.15, 0.2) is 0 Å². The number of allylic oxidation sites excluding steroid dienone is 1. The van der Waals surface area contributed by atoms with Gasteiger partial charge in [-0.25, -0.2) is 9.18 Å². The second kappa shape index (κ2) is 11.8. The fourth-order valence-electron chi connectivity index (χ4n) is 5.32. The summed E-state index contributed by atoms with van der Waals surface area (Å²) in [6.07, 6.45) is 8.63. The average Bonchev–Trinajstić information content (AvgIpc) is 3.32. The first-order chi connectivity index (χ1) is 18.5. The molecule has 9 nitrogen and oxygen atoms in total. The molecule has 2 aliphatic heterocycles. The van der Waals surface area contributed by atoms with E-state index in [4.69, 9.17) is 4.74 Å². The smallest absolute Gasteiger partial charge is 0.408 e. The number of nitrogens with zero attached hydrogens (tertiary/aromatic N) is 1. The normalized spacial score (nSPS) is 28.6. The maximum absolute atomic E-state index is 13.6. The average molecular weight is 543 g/mol. The Kier molecular flexibility index (Phi) is 8.61. The molecular weight excluding hydrogens is 503 g/mol. The van der Waals surface area contributed by atoms with E-state index in [1.54, 1.807) is 20.8 Å². The van der Waals surface area contributed by atoms with E-state index >= 15 is 0 Å². The Morgan fingerprint density at radius 3 is 2.54 bits per heavy atom. The first kappa shape index (κ1) is 28.6. The first-order valence-corrected chi connectivity index (χ1v) is 13.8. The first-order valence-electron chi connectivity index (χ1n) is 13.8. The van der Waals surface area contributed by atoms with Crippen molar-refractivity contribution in [1.29, 1.82) is 0 Å². The Bertz CT molecular complexity index is 1120. The van der Waals surface area contributed by atoms with Gasteiger partial charge in [0.2, 0.25) is 11.8 Å². The molecule has 4 atom stereocenters. The van der Waals surface area contributed by atoms with Crippen LogP contribution in [0.3, 0.4) is 0 Å². The van der Waals surface area contributed by atoms with Crippen molar-refractivity contribution >= 4 is 29.5 Å². The number of fused-ring (bicyclic) bond motifs is 2. The number of hydrogen-bond donors (Lipinski definition) is 3. The molecule has 4 rings (SSSR count). The van der Waals surface area contributed by atoms with Crippen LogP contribution in [0.4, 0.5) is 14.9 Å². The van der Waals surface area contributed by atoms with E-state index in [2.05, 4.69) is 16.0 Å². The summed E-state index contributed by atoms with van der Waals surface area (Å²) in [5.41, 5.74) is -1.42. The second-order valence-corrected chi connectivity index (χ2v) is 11.7. The van der Waals surface area contributed by atoms with E-state index in [1.165, 1.54) is 29.2 Å². The van der Waals surface area contributed by atoms with Crippen LogP contribution in [0.5, 0.6) is 0 Å². The van der Waals surface area contributed by atoms with Gasteiger partial charge in [0.05, 0.1) is 0 Å². The van der Waals surface area contributed by atoms with Crippen molar-refractivity contribution in [3.8, 4) is 0 Å². The zero-order valence-corrected chi connectivity index (χ0v) is 22.9. The van der Waals surface area contributed by atoms with Gasteiger partial charge >= 0.3 is 6.09 Å². The van der Waals surface area contributed by atoms with E-state index in [-0.39, 0.29) is 17.7 Å². The summed E-state index contributed by atoms with van der Waals surface area (Å²) in [4.78, 5) is 54.7. The van der Waals surface area contributed by atoms with Crippen molar-refractivity contribution < 1.29 is 28.3 Å². The number of anilines is 1. The van der Waals surface area contributed by atoms with Crippen LogP contribution in [0.2, 0.25) is 0 Å². The fraction of sp³-hybridized carbons (Fsp3) is 0.586. The fourth-order valence-corrected chi connectivity index (χ4v) is 5.32. The largest absolute Gasteiger partial charge is 0.444 e. The third-order valence-corrected chi connectivity index (χ3v) is 7.43. The van der Waals surface area contributed by atoms with Crippen LogP contribution in [-0.2, 0) is 19.1 Å². The molecule has 2 heterocycles. The lowest BCUT2D eigenvalue weighted by atomic mass is 10.0. The van der Waals surface area contributed by atoms with Crippen LogP contribution in [0.15, 0.2) is 36.4 Å². The maximum Gasteiger partial charge on any atom is 0.408 e. The second-order valence-electron chi connectivity index (χ2n) is 11.7. The predicted octanol–water partition coefficient (Wildman–Crippen LogP) is 4.04. The molecule has 0 bridgehead atoms. The Morgan fingerprint density at radius 1 is 1.08 bits per heavy atom. The lowest BCUT2D eigenvalue weighted by Gasteiger charge is -2.30. The maximum atomic E-state index is 13.6. The molecule has 3 N–H and O–H groups in total. The lowest BCUT2D eigenvalue weighted by Crippen LogP contribution is -2.57. The summed E-state index contributed by atoms with van der Waals surface area (Å²) < 4.78 is 18.7. The van der Waals surface area contributed by atoms with Crippen molar-refractivity contribution in [2.24, 2.45) is 5.92 Å². The quantitative estimate of drug-likeness (QED) is 0.499. The van der Waals surface area contributed by atoms with Gasteiger partial charge in [0.1, 0.15) is 29.0 Å². The van der Waals surface area contributed by atoms with Gasteiger partial charge in [-0.3, -0.25) is 14.4 Å². The van der Waals surface area contributed by atoms with Crippen LogP contribution in [0.25, 0.3) is 0 Å². The number of benzene rings is 1. The highest BCUT2D eigenvalue weighted by atomic mass is 19.1. The molecule has 2 fully saturated rings. The van der Waals surface area contributed by atoms with Gasteiger partial charge in [0.25, 0.3) is 5.91 Å². The predicted molar refractivity (Wildman–Crippen MR) is 144 cm³/mol. The molecule has 1 saturated heterocycles. The third-order valence-electron chi connectivity index (χ3n) is 7.43. The van der Waals surface area contributed by atoms with E-state index < -0.39 is 41.0 Å². The minimum atomic E-state index is -1.15. The Morgan fingerprint density at radius 2 is 1.82 bits per heavy atom. The number of alkyl carbamates (subject to hydrolysis) is 1. The van der Waals surface area contributed by atoms with Gasteiger partial charge in [-0.1, -0.05) is 25.0 Å². The zero-order valence-electron chi connectivity index (χ0n) is 22.9. The monoisotopic (exact) mass is 542 g/mol. The van der Waals surface area contributed by atoms with Crippen molar-refractivity contribution in [3.05, 3.63) is 42.2 Å². The van der Waals surface area contributed by atoms with E-state index in [9.17, 15) is 23.6 Å². The lowest BCUT2D eigenvalue weighted by molar-refractivity contribution is -0.141. The number of rotatable bonds is 3. The van der Waals surface area contributed by atoms with Crippen LogP contribution in [0.1, 0.15) is 72.1 Å². The highest BCUT2D eigenvalue weighted by Crippen LogP contribution is 2.46. The molecule has 0 unspecified atom stereocenters. The molecule has 10 heteroatoms. The number of carbonyl (C=O) groups is 4. The third kappa shape index (κ3) is 7.16. The minimum Gasteiger partial charge on any atom is -0.444 e. The molecule has 3 aliphatic rings. The number of hydrogen-bond acceptors (Lipinski definition) is 5. The Balaban J connectivity index is 1.54. The molecule has 1 aliphatic carbocycles. The molecule has 1 aromatic carbocycles. The standard InChI is InChI=1S/C29H39FN4O5/c1-28(2,3)39-27(38)32-22-11-8-6-4-5-7-10-19-18-29(19,26(37)31-21-15-13-20(30)14-16-21)33-24(35)23-12-9-17-34(23)25(22)36/h7,10,13-16,19,22-23H,4-6,8-9,11-12,17-18H2,1-3H3,(H,31,37)(H,32,38)(H,33,35)/b10-7-/t19-,22+,23+,29-/m1/s1. The van der Waals surface area contributed by atoms with Crippen molar-refractivity contribution in [2.75, 3.05) is 11.9 Å². The van der Waals surface area contributed by atoms with E-state index in [0.29, 0.717) is 37.9 Å². The molecule has 4 amide bonds. The molecule has 1 saturated carbocycles. The van der Waals surface area contributed by atoms with Gasteiger partial charge in [-0.15, -0.1) is 0 Å². The number of ether oxygens (including phenoxy) is 1. The minimum absolute atomic E-state index is 0.181. The SMILES string of the molecule is CC(C)(C)OC(=O)N[C@H]1CCCCC/C=C\[C@@H]2C[C@@]2(C(=O)Nc2ccc(F)cc2)NC(=O)[C@@H]2CCCN2C1=O. The number of amides is 4. The Hall–Kier alpha value is -3.43.